The van der Waals surface area contributed by atoms with Crippen LogP contribution < -0.4 is 9.46 Å². The van der Waals surface area contributed by atoms with Crippen molar-refractivity contribution >= 4 is 27.3 Å². The normalized spacial score (nSPS) is 12.1. The van der Waals surface area contributed by atoms with E-state index in [0.717, 1.165) is 17.7 Å². The van der Waals surface area contributed by atoms with E-state index in [4.69, 9.17) is 16.3 Å². The van der Waals surface area contributed by atoms with Gasteiger partial charge in [-0.05, 0) is 55.3 Å². The van der Waals surface area contributed by atoms with E-state index in [0.29, 0.717) is 11.6 Å². The molecular weight excluding hydrogens is 379 g/mol. The van der Waals surface area contributed by atoms with Crippen LogP contribution in [0.15, 0.2) is 35.2 Å². The minimum atomic E-state index is -4.70. The van der Waals surface area contributed by atoms with Gasteiger partial charge in [-0.3, -0.25) is 4.72 Å². The van der Waals surface area contributed by atoms with Gasteiger partial charge in [0, 0.05) is 5.69 Å². The lowest BCUT2D eigenvalue weighted by atomic mass is 10.1. The molecule has 136 valence electrons. The van der Waals surface area contributed by atoms with Gasteiger partial charge in [0.25, 0.3) is 10.0 Å². The first-order chi connectivity index (χ1) is 11.5. The quantitative estimate of drug-likeness (QED) is 0.812. The molecule has 0 radical (unpaired) electrons. The minimum Gasteiger partial charge on any atom is -0.495 e. The fraction of sp³-hybridized carbons (Fsp3) is 0.250. The van der Waals surface area contributed by atoms with Gasteiger partial charge < -0.3 is 4.74 Å². The first-order valence-electron chi connectivity index (χ1n) is 7.00. The lowest BCUT2D eigenvalue weighted by Gasteiger charge is -2.15. The molecule has 2 aromatic carbocycles. The topological polar surface area (TPSA) is 55.4 Å². The van der Waals surface area contributed by atoms with Crippen molar-refractivity contribution < 1.29 is 26.3 Å². The van der Waals surface area contributed by atoms with Gasteiger partial charge in [0.05, 0.1) is 17.7 Å². The summed E-state index contributed by atoms with van der Waals surface area (Å²) >= 11 is 5.54. The maximum absolute atomic E-state index is 12.9. The molecular formula is C16H15ClF3NO3S. The highest BCUT2D eigenvalue weighted by Crippen LogP contribution is 2.37. The van der Waals surface area contributed by atoms with E-state index in [1.807, 2.05) is 0 Å². The Balaban J connectivity index is 2.49. The van der Waals surface area contributed by atoms with E-state index in [2.05, 4.69) is 4.72 Å². The molecule has 1 N–H and O–H groups in total. The van der Waals surface area contributed by atoms with Crippen LogP contribution in [0.2, 0.25) is 5.02 Å². The number of benzene rings is 2. The zero-order valence-corrected chi connectivity index (χ0v) is 15.1. The molecule has 0 spiro atoms. The zero-order valence-electron chi connectivity index (χ0n) is 13.5. The van der Waals surface area contributed by atoms with Crippen molar-refractivity contribution in [1.29, 1.82) is 0 Å². The second-order valence-electron chi connectivity index (χ2n) is 5.39. The average Bonchev–Trinajstić information content (AvgIpc) is 2.50. The van der Waals surface area contributed by atoms with Crippen LogP contribution in [0.5, 0.6) is 5.75 Å². The predicted molar refractivity (Wildman–Crippen MR) is 89.7 cm³/mol. The van der Waals surface area contributed by atoms with Crippen LogP contribution in [-0.2, 0) is 16.2 Å². The Morgan fingerprint density at radius 2 is 1.68 bits per heavy atom. The monoisotopic (exact) mass is 393 g/mol. The number of rotatable bonds is 4. The minimum absolute atomic E-state index is 0.0978. The molecule has 0 amide bonds. The third-order valence-corrected chi connectivity index (χ3v) is 5.33. The molecule has 0 fully saturated rings. The van der Waals surface area contributed by atoms with Crippen LogP contribution in [0, 0.1) is 13.8 Å². The summed E-state index contributed by atoms with van der Waals surface area (Å²) in [5.74, 6) is 0.0978. The number of alkyl halides is 3. The number of aryl methyl sites for hydroxylation is 2. The van der Waals surface area contributed by atoms with Gasteiger partial charge in [-0.15, -0.1) is 0 Å². The molecule has 2 rings (SSSR count). The lowest BCUT2D eigenvalue weighted by molar-refractivity contribution is -0.137. The van der Waals surface area contributed by atoms with Gasteiger partial charge in [-0.2, -0.15) is 13.2 Å². The van der Waals surface area contributed by atoms with E-state index in [1.165, 1.54) is 13.2 Å². The second kappa shape index (κ2) is 6.76. The molecule has 0 saturated carbocycles. The summed E-state index contributed by atoms with van der Waals surface area (Å²) in [4.78, 5) is -0.165. The maximum atomic E-state index is 12.9. The molecule has 0 aliphatic rings. The average molecular weight is 394 g/mol. The van der Waals surface area contributed by atoms with Crippen molar-refractivity contribution in [3.8, 4) is 5.75 Å². The smallest absolute Gasteiger partial charge is 0.417 e. The first-order valence-corrected chi connectivity index (χ1v) is 8.86. The first kappa shape index (κ1) is 19.4. The fourth-order valence-electron chi connectivity index (χ4n) is 2.15. The van der Waals surface area contributed by atoms with Crippen molar-refractivity contribution in [2.75, 3.05) is 11.8 Å². The molecule has 0 aromatic heterocycles. The molecule has 4 nitrogen and oxygen atoms in total. The standard InChI is InChI=1S/C16H15ClF3NO3S/c1-9-6-14(24-3)15(7-10(9)2)25(22,23)21-11-4-5-13(17)12(8-11)16(18,19)20/h4-8,21H,1-3H3. The van der Waals surface area contributed by atoms with Crippen LogP contribution in [0.25, 0.3) is 0 Å². The van der Waals surface area contributed by atoms with Crippen LogP contribution in [-0.4, -0.2) is 15.5 Å². The second-order valence-corrected chi connectivity index (χ2v) is 7.44. The molecule has 0 bridgehead atoms. The maximum Gasteiger partial charge on any atom is 0.417 e. The Hall–Kier alpha value is -1.93. The summed E-state index contributed by atoms with van der Waals surface area (Å²) in [5.41, 5.74) is 0.147. The highest BCUT2D eigenvalue weighted by molar-refractivity contribution is 7.92. The highest BCUT2D eigenvalue weighted by Gasteiger charge is 2.33. The number of sulfonamides is 1. The Morgan fingerprint density at radius 3 is 2.24 bits per heavy atom. The Morgan fingerprint density at radius 1 is 1.08 bits per heavy atom. The van der Waals surface area contributed by atoms with Gasteiger partial charge in [0.15, 0.2) is 0 Å². The van der Waals surface area contributed by atoms with Gasteiger partial charge in [-0.25, -0.2) is 8.42 Å². The number of anilines is 1. The van der Waals surface area contributed by atoms with Crippen LogP contribution in [0.3, 0.4) is 0 Å². The molecule has 0 aliphatic carbocycles. The largest absolute Gasteiger partial charge is 0.495 e. The molecule has 0 atom stereocenters. The number of ether oxygens (including phenoxy) is 1. The SMILES string of the molecule is COc1cc(C)c(C)cc1S(=O)(=O)Nc1ccc(Cl)c(C(F)(F)F)c1. The zero-order chi connectivity index (χ0) is 19.0. The van der Waals surface area contributed by atoms with Gasteiger partial charge in [0.1, 0.15) is 10.6 Å². The predicted octanol–water partition coefficient (Wildman–Crippen LogP) is 4.79. The summed E-state index contributed by atoms with van der Waals surface area (Å²) in [6.07, 6.45) is -4.70. The van der Waals surface area contributed by atoms with Crippen molar-refractivity contribution in [1.82, 2.24) is 0 Å². The summed E-state index contributed by atoms with van der Waals surface area (Å²) in [5, 5.41) is -0.515. The summed E-state index contributed by atoms with van der Waals surface area (Å²) in [7, 11) is -2.84. The van der Waals surface area contributed by atoms with E-state index in [1.54, 1.807) is 19.9 Å². The van der Waals surface area contributed by atoms with E-state index >= 15 is 0 Å². The molecule has 25 heavy (non-hydrogen) atoms. The lowest BCUT2D eigenvalue weighted by Crippen LogP contribution is -2.15. The molecule has 0 heterocycles. The fourth-order valence-corrected chi connectivity index (χ4v) is 3.66. The van der Waals surface area contributed by atoms with Crippen molar-refractivity contribution in [3.05, 3.63) is 52.0 Å². The summed E-state index contributed by atoms with van der Waals surface area (Å²) in [6, 6.07) is 5.74. The number of hydrogen-bond donors (Lipinski definition) is 1. The van der Waals surface area contributed by atoms with Gasteiger partial charge in [0.2, 0.25) is 0 Å². The van der Waals surface area contributed by atoms with Crippen LogP contribution >= 0.6 is 11.6 Å². The third kappa shape index (κ3) is 4.19. The van der Waals surface area contributed by atoms with Crippen LogP contribution in [0.4, 0.5) is 18.9 Å². The van der Waals surface area contributed by atoms with E-state index in [-0.39, 0.29) is 16.3 Å². The number of methoxy groups -OCH3 is 1. The number of halogens is 4. The molecule has 0 unspecified atom stereocenters. The number of hydrogen-bond acceptors (Lipinski definition) is 3. The Kier molecular flexibility index (Phi) is 5.24. The third-order valence-electron chi connectivity index (χ3n) is 3.59. The highest BCUT2D eigenvalue weighted by atomic mass is 35.5. The van der Waals surface area contributed by atoms with Crippen molar-refractivity contribution in [2.24, 2.45) is 0 Å². The van der Waals surface area contributed by atoms with E-state index in [9.17, 15) is 21.6 Å². The summed E-state index contributed by atoms with van der Waals surface area (Å²) in [6.45, 7) is 3.51. The Bertz CT molecular complexity index is 912. The Labute approximate surface area is 148 Å². The van der Waals surface area contributed by atoms with E-state index < -0.39 is 26.8 Å². The molecule has 0 aliphatic heterocycles. The molecule has 2 aromatic rings. The molecule has 0 saturated heterocycles. The molecule has 9 heteroatoms. The number of nitrogens with one attached hydrogen (secondary N) is 1. The van der Waals surface area contributed by atoms with Gasteiger partial charge >= 0.3 is 6.18 Å². The van der Waals surface area contributed by atoms with Gasteiger partial charge in [-0.1, -0.05) is 11.6 Å². The summed E-state index contributed by atoms with van der Waals surface area (Å²) < 4.78 is 71.1. The van der Waals surface area contributed by atoms with Crippen molar-refractivity contribution in [2.45, 2.75) is 24.9 Å². The van der Waals surface area contributed by atoms with Crippen molar-refractivity contribution in [3.63, 3.8) is 0 Å². The van der Waals surface area contributed by atoms with Crippen LogP contribution in [0.1, 0.15) is 16.7 Å².